The Morgan fingerprint density at radius 1 is 1.12 bits per heavy atom. The van der Waals surface area contributed by atoms with E-state index in [2.05, 4.69) is 10.2 Å². The quantitative estimate of drug-likeness (QED) is 0.746. The number of nitrogens with zero attached hydrogens (tertiary/aromatic N) is 1. The lowest BCUT2D eigenvalue weighted by Gasteiger charge is -2.36. The van der Waals surface area contributed by atoms with E-state index in [1.807, 2.05) is 19.1 Å². The molecule has 0 aromatic heterocycles. The Kier molecular flexibility index (Phi) is 5.91. The Morgan fingerprint density at radius 3 is 2.27 bits per heavy atom. The van der Waals surface area contributed by atoms with Crippen LogP contribution in [0.15, 0.2) is 42.5 Å². The molecule has 7 heteroatoms. The van der Waals surface area contributed by atoms with Gasteiger partial charge in [-0.2, -0.15) is 0 Å². The monoisotopic (exact) mass is 394 g/mol. The van der Waals surface area contributed by atoms with Crippen LogP contribution in [0.1, 0.15) is 6.92 Å². The van der Waals surface area contributed by atoms with Crippen molar-refractivity contribution in [3.8, 4) is 5.75 Å². The maximum Gasteiger partial charge on any atom is 0.282 e. The fourth-order valence-electron chi connectivity index (χ4n) is 3.21. The molecule has 0 radical (unpaired) electrons. The van der Waals surface area contributed by atoms with Crippen LogP contribution >= 0.6 is 23.2 Å². The van der Waals surface area contributed by atoms with Crippen LogP contribution in [0.5, 0.6) is 5.75 Å². The van der Waals surface area contributed by atoms with Crippen LogP contribution in [0.25, 0.3) is 0 Å². The first-order valence-corrected chi connectivity index (χ1v) is 9.33. The lowest BCUT2D eigenvalue weighted by atomic mass is 10.2. The Bertz CT molecular complexity index is 755. The zero-order chi connectivity index (χ0) is 18.7. The number of nitrogens with one attached hydrogen (secondary N) is 2. The van der Waals surface area contributed by atoms with Gasteiger partial charge in [-0.1, -0.05) is 23.2 Å². The van der Waals surface area contributed by atoms with Crippen LogP contribution in [-0.4, -0.2) is 43.2 Å². The third kappa shape index (κ3) is 4.61. The van der Waals surface area contributed by atoms with Crippen molar-refractivity contribution in [2.75, 3.05) is 36.4 Å². The minimum absolute atomic E-state index is 0.0450. The zero-order valence-electron chi connectivity index (χ0n) is 14.5. The Balaban J connectivity index is 1.56. The van der Waals surface area contributed by atoms with E-state index < -0.39 is 0 Å². The van der Waals surface area contributed by atoms with Gasteiger partial charge in [0.2, 0.25) is 0 Å². The van der Waals surface area contributed by atoms with Gasteiger partial charge in [-0.25, -0.2) is 0 Å². The van der Waals surface area contributed by atoms with Crippen LogP contribution in [-0.2, 0) is 4.79 Å². The molecule has 0 spiro atoms. The molecular formula is C19H22Cl2N3O2+. The molecule has 1 saturated heterocycles. The van der Waals surface area contributed by atoms with Crippen molar-refractivity contribution in [2.24, 2.45) is 0 Å². The minimum atomic E-state index is -0.172. The van der Waals surface area contributed by atoms with Crippen molar-refractivity contribution in [2.45, 2.75) is 13.0 Å². The zero-order valence-corrected chi connectivity index (χ0v) is 16.0. The van der Waals surface area contributed by atoms with Gasteiger partial charge in [0.15, 0.2) is 6.04 Å². The Labute approximate surface area is 163 Å². The number of phenolic OH excluding ortho intramolecular Hbond substituents is 1. The first kappa shape index (κ1) is 18.8. The van der Waals surface area contributed by atoms with Gasteiger partial charge in [0, 0.05) is 21.4 Å². The van der Waals surface area contributed by atoms with Crippen molar-refractivity contribution in [3.05, 3.63) is 52.5 Å². The second-order valence-corrected chi connectivity index (χ2v) is 7.40. The highest BCUT2D eigenvalue weighted by Gasteiger charge is 2.29. The van der Waals surface area contributed by atoms with E-state index in [4.69, 9.17) is 23.2 Å². The molecule has 1 atom stereocenters. The molecule has 0 bridgehead atoms. The number of carbonyl (C=O) groups is 1. The third-order valence-electron chi connectivity index (χ3n) is 4.76. The largest absolute Gasteiger partial charge is 0.508 e. The smallest absolute Gasteiger partial charge is 0.282 e. The molecular weight excluding hydrogens is 373 g/mol. The van der Waals surface area contributed by atoms with Crippen molar-refractivity contribution in [1.29, 1.82) is 0 Å². The second kappa shape index (κ2) is 8.16. The minimum Gasteiger partial charge on any atom is -0.508 e. The Hall–Kier alpha value is -1.95. The highest BCUT2D eigenvalue weighted by atomic mass is 35.5. The number of amides is 1. The number of rotatable bonds is 4. The summed E-state index contributed by atoms with van der Waals surface area (Å²) < 4.78 is 0. The summed E-state index contributed by atoms with van der Waals surface area (Å²) in [5.41, 5.74) is 1.70. The molecule has 138 valence electrons. The van der Waals surface area contributed by atoms with Gasteiger partial charge in [-0.3, -0.25) is 4.79 Å². The molecule has 1 amide bonds. The molecule has 5 nitrogen and oxygen atoms in total. The molecule has 1 heterocycles. The van der Waals surface area contributed by atoms with Gasteiger partial charge in [0.05, 0.1) is 26.2 Å². The molecule has 26 heavy (non-hydrogen) atoms. The normalized spacial score (nSPS) is 16.3. The highest BCUT2D eigenvalue weighted by Crippen LogP contribution is 2.22. The number of piperazine rings is 1. The van der Waals surface area contributed by atoms with Crippen LogP contribution in [0.4, 0.5) is 11.4 Å². The molecule has 2 aromatic carbocycles. The van der Waals surface area contributed by atoms with E-state index >= 15 is 0 Å². The van der Waals surface area contributed by atoms with E-state index in [0.717, 1.165) is 31.9 Å². The van der Waals surface area contributed by atoms with Crippen molar-refractivity contribution >= 4 is 40.5 Å². The third-order valence-corrected chi connectivity index (χ3v) is 5.19. The van der Waals surface area contributed by atoms with Gasteiger partial charge in [0.25, 0.3) is 5.91 Å². The lowest BCUT2D eigenvalue weighted by molar-refractivity contribution is -0.914. The van der Waals surface area contributed by atoms with Gasteiger partial charge >= 0.3 is 0 Å². The SMILES string of the molecule is C[C@@H](C(=O)Nc1cc(Cl)cc(Cl)c1)[NH+]1CCN(c2ccc(O)cc2)CC1. The van der Waals surface area contributed by atoms with E-state index in [9.17, 15) is 9.90 Å². The number of halogens is 2. The molecule has 0 aliphatic carbocycles. The van der Waals surface area contributed by atoms with Crippen LogP contribution in [0, 0.1) is 0 Å². The summed E-state index contributed by atoms with van der Waals surface area (Å²) in [4.78, 5) is 16.1. The molecule has 3 N–H and O–H groups in total. The summed E-state index contributed by atoms with van der Waals surface area (Å²) in [6.45, 7) is 5.39. The summed E-state index contributed by atoms with van der Waals surface area (Å²) in [7, 11) is 0. The molecule has 1 fully saturated rings. The number of hydrogen-bond donors (Lipinski definition) is 3. The van der Waals surface area contributed by atoms with E-state index in [-0.39, 0.29) is 17.7 Å². The topological polar surface area (TPSA) is 57.0 Å². The number of benzene rings is 2. The average Bonchev–Trinajstić information content (AvgIpc) is 2.61. The molecule has 3 rings (SSSR count). The van der Waals surface area contributed by atoms with Crippen LogP contribution in [0.3, 0.4) is 0 Å². The fourth-order valence-corrected chi connectivity index (χ4v) is 3.74. The number of quaternary nitrogens is 1. The van der Waals surface area contributed by atoms with E-state index in [0.29, 0.717) is 15.7 Å². The first-order chi connectivity index (χ1) is 12.4. The predicted octanol–water partition coefficient (Wildman–Crippen LogP) is 2.43. The molecule has 1 aliphatic heterocycles. The van der Waals surface area contributed by atoms with Crippen LogP contribution in [0.2, 0.25) is 10.0 Å². The van der Waals surface area contributed by atoms with E-state index in [1.165, 1.54) is 4.90 Å². The van der Waals surface area contributed by atoms with Gasteiger partial charge in [-0.05, 0) is 49.4 Å². The average molecular weight is 395 g/mol. The second-order valence-electron chi connectivity index (χ2n) is 6.53. The maximum absolute atomic E-state index is 12.6. The van der Waals surface area contributed by atoms with Gasteiger partial charge in [-0.15, -0.1) is 0 Å². The molecule has 0 saturated carbocycles. The van der Waals surface area contributed by atoms with E-state index in [1.54, 1.807) is 30.3 Å². The summed E-state index contributed by atoms with van der Waals surface area (Å²) in [5, 5.41) is 13.3. The maximum atomic E-state index is 12.6. The van der Waals surface area contributed by atoms with Crippen LogP contribution < -0.4 is 15.1 Å². The summed E-state index contributed by atoms with van der Waals surface area (Å²) in [6.07, 6.45) is 0. The molecule has 0 unspecified atom stereocenters. The first-order valence-electron chi connectivity index (χ1n) is 8.58. The summed E-state index contributed by atoms with van der Waals surface area (Å²) in [5.74, 6) is 0.223. The predicted molar refractivity (Wildman–Crippen MR) is 106 cm³/mol. The molecule has 2 aromatic rings. The number of aromatic hydroxyl groups is 1. The summed E-state index contributed by atoms with van der Waals surface area (Å²) >= 11 is 12.0. The summed E-state index contributed by atoms with van der Waals surface area (Å²) in [6, 6.07) is 12.1. The number of hydrogen-bond acceptors (Lipinski definition) is 3. The highest BCUT2D eigenvalue weighted by molar-refractivity contribution is 6.35. The van der Waals surface area contributed by atoms with Crippen molar-refractivity contribution < 1.29 is 14.8 Å². The number of anilines is 2. The lowest BCUT2D eigenvalue weighted by Crippen LogP contribution is -3.19. The van der Waals surface area contributed by atoms with Gasteiger partial charge < -0.3 is 20.2 Å². The standard InChI is InChI=1S/C19H21Cl2N3O2/c1-13(19(26)22-16-11-14(20)10-15(21)12-16)23-6-8-24(9-7-23)17-2-4-18(25)5-3-17/h2-5,10-13,25H,6-9H2,1H3,(H,22,26)/p+1/t13-/m0/s1. The fraction of sp³-hybridized carbons (Fsp3) is 0.316. The van der Waals surface area contributed by atoms with Crippen molar-refractivity contribution in [3.63, 3.8) is 0 Å². The van der Waals surface area contributed by atoms with Gasteiger partial charge in [0.1, 0.15) is 5.75 Å². The number of phenols is 1. The van der Waals surface area contributed by atoms with Crippen molar-refractivity contribution in [1.82, 2.24) is 0 Å². The Morgan fingerprint density at radius 2 is 1.69 bits per heavy atom. The molecule has 1 aliphatic rings. The number of carbonyl (C=O) groups excluding carboxylic acids is 1.